The van der Waals surface area contributed by atoms with E-state index < -0.39 is 0 Å². The number of nitrogens with one attached hydrogen (secondary N) is 1. The molecule has 0 amide bonds. The van der Waals surface area contributed by atoms with Crippen molar-refractivity contribution in [2.45, 2.75) is 26.3 Å². The van der Waals surface area contributed by atoms with Gasteiger partial charge in [0.25, 0.3) is 0 Å². The number of nitrogens with two attached hydrogens (primary N) is 1. The fourth-order valence-electron chi connectivity index (χ4n) is 1.93. The molecule has 1 heterocycles. The number of nitrogens with zero attached hydrogens (tertiary/aromatic N) is 1. The number of benzene rings is 1. The van der Waals surface area contributed by atoms with Crippen molar-refractivity contribution >= 4 is 32.4 Å². The van der Waals surface area contributed by atoms with Crippen LogP contribution in [0.5, 0.6) is 0 Å². The summed E-state index contributed by atoms with van der Waals surface area (Å²) in [5.41, 5.74) is 7.44. The van der Waals surface area contributed by atoms with E-state index in [1.165, 1.54) is 0 Å². The van der Waals surface area contributed by atoms with Crippen LogP contribution in [0.15, 0.2) is 18.2 Å². The molecule has 0 aliphatic carbocycles. The molecule has 1 atom stereocenters. The Bertz CT molecular complexity index is 524. The lowest BCUT2D eigenvalue weighted by Gasteiger charge is -2.17. The highest BCUT2D eigenvalue weighted by Gasteiger charge is 2.12. The second-order valence-corrected chi connectivity index (χ2v) is 5.93. The van der Waals surface area contributed by atoms with Gasteiger partial charge in [0.1, 0.15) is 0 Å². The maximum absolute atomic E-state index is 9.35. The molecule has 2 rings (SSSR count). The number of nitrogen functional groups attached to an aromatic ring is 1. The van der Waals surface area contributed by atoms with Gasteiger partial charge in [-0.1, -0.05) is 25.2 Å². The minimum Gasteiger partial charge on any atom is -0.399 e. The zero-order valence-electron chi connectivity index (χ0n) is 10.7. The van der Waals surface area contributed by atoms with Crippen molar-refractivity contribution in [3.63, 3.8) is 0 Å². The number of aliphatic hydroxyl groups excluding tert-OH is 1. The normalized spacial score (nSPS) is 13.1. The highest BCUT2D eigenvalue weighted by atomic mass is 32.1. The summed E-state index contributed by atoms with van der Waals surface area (Å²) in [5, 5.41) is 13.5. The van der Waals surface area contributed by atoms with E-state index in [1.54, 1.807) is 11.3 Å². The Morgan fingerprint density at radius 1 is 1.44 bits per heavy atom. The lowest BCUT2D eigenvalue weighted by molar-refractivity contribution is 0.259. The first-order chi connectivity index (χ1) is 8.58. The Kier molecular flexibility index (Phi) is 4.04. The van der Waals surface area contributed by atoms with Crippen molar-refractivity contribution in [2.24, 2.45) is 5.92 Å². The third-order valence-corrected chi connectivity index (χ3v) is 3.67. The Balaban J connectivity index is 2.15. The molecule has 0 aliphatic heterocycles. The molecule has 2 aromatic rings. The van der Waals surface area contributed by atoms with Crippen LogP contribution in [0, 0.1) is 5.92 Å². The summed E-state index contributed by atoms with van der Waals surface area (Å²) in [6.45, 7) is 4.41. The van der Waals surface area contributed by atoms with Crippen molar-refractivity contribution in [1.29, 1.82) is 0 Å². The molecule has 0 radical (unpaired) electrons. The zero-order valence-corrected chi connectivity index (χ0v) is 11.5. The molecule has 0 spiro atoms. The largest absolute Gasteiger partial charge is 0.399 e. The van der Waals surface area contributed by atoms with Gasteiger partial charge in [-0.3, -0.25) is 0 Å². The number of aromatic nitrogens is 1. The van der Waals surface area contributed by atoms with Crippen molar-refractivity contribution in [1.82, 2.24) is 4.98 Å². The minimum atomic E-state index is 0.0582. The summed E-state index contributed by atoms with van der Waals surface area (Å²) >= 11 is 1.57. The SMILES string of the molecule is CC(C)CC(CO)Nc1nc2ccc(N)cc2s1. The monoisotopic (exact) mass is 265 g/mol. The highest BCUT2D eigenvalue weighted by molar-refractivity contribution is 7.22. The fourth-order valence-corrected chi connectivity index (χ4v) is 2.92. The van der Waals surface area contributed by atoms with E-state index in [1.807, 2.05) is 18.2 Å². The summed E-state index contributed by atoms with van der Waals surface area (Å²) in [4.78, 5) is 4.49. The minimum absolute atomic E-state index is 0.0582. The molecule has 4 N–H and O–H groups in total. The van der Waals surface area contributed by atoms with Gasteiger partial charge in [0.15, 0.2) is 5.13 Å². The first-order valence-corrected chi connectivity index (χ1v) is 6.93. The molecule has 0 saturated carbocycles. The van der Waals surface area contributed by atoms with Gasteiger partial charge >= 0.3 is 0 Å². The molecule has 0 bridgehead atoms. The van der Waals surface area contributed by atoms with E-state index in [4.69, 9.17) is 5.73 Å². The topological polar surface area (TPSA) is 71.2 Å². The van der Waals surface area contributed by atoms with Crippen molar-refractivity contribution in [2.75, 3.05) is 17.7 Å². The van der Waals surface area contributed by atoms with Crippen molar-refractivity contribution in [3.8, 4) is 0 Å². The smallest absolute Gasteiger partial charge is 0.184 e. The third-order valence-electron chi connectivity index (χ3n) is 2.72. The van der Waals surface area contributed by atoms with Crippen LogP contribution in [-0.4, -0.2) is 22.7 Å². The second-order valence-electron chi connectivity index (χ2n) is 4.90. The van der Waals surface area contributed by atoms with Crippen LogP contribution < -0.4 is 11.1 Å². The van der Waals surface area contributed by atoms with E-state index in [-0.39, 0.29) is 12.6 Å². The van der Waals surface area contributed by atoms with Crippen molar-refractivity contribution < 1.29 is 5.11 Å². The van der Waals surface area contributed by atoms with Gasteiger partial charge in [0.05, 0.1) is 22.9 Å². The Morgan fingerprint density at radius 2 is 2.22 bits per heavy atom. The van der Waals surface area contributed by atoms with Gasteiger partial charge in [-0.2, -0.15) is 0 Å². The van der Waals surface area contributed by atoms with E-state index in [2.05, 4.69) is 24.1 Å². The standard InChI is InChI=1S/C13H19N3OS/c1-8(2)5-10(7-17)15-13-16-11-4-3-9(14)6-12(11)18-13/h3-4,6,8,10,17H,5,7,14H2,1-2H3,(H,15,16). The summed E-state index contributed by atoms with van der Waals surface area (Å²) in [5.74, 6) is 0.541. The van der Waals surface area contributed by atoms with Crippen LogP contribution in [0.2, 0.25) is 0 Å². The molecule has 98 valence electrons. The van der Waals surface area contributed by atoms with Crippen LogP contribution in [0.4, 0.5) is 10.8 Å². The number of fused-ring (bicyclic) bond motifs is 1. The van der Waals surface area contributed by atoms with Crippen LogP contribution in [0.1, 0.15) is 20.3 Å². The summed E-state index contributed by atoms with van der Waals surface area (Å²) in [6, 6.07) is 5.75. The number of aliphatic hydroxyl groups is 1. The Hall–Kier alpha value is -1.33. The Labute approximate surface area is 111 Å². The molecule has 0 saturated heterocycles. The quantitative estimate of drug-likeness (QED) is 0.727. The molecule has 1 aromatic carbocycles. The molecule has 1 unspecified atom stereocenters. The van der Waals surface area contributed by atoms with Gasteiger partial charge in [-0.15, -0.1) is 0 Å². The molecule has 4 nitrogen and oxygen atoms in total. The second kappa shape index (κ2) is 5.54. The van der Waals surface area contributed by atoms with Gasteiger partial charge in [-0.25, -0.2) is 4.98 Å². The summed E-state index contributed by atoms with van der Waals surface area (Å²) in [7, 11) is 0. The van der Waals surface area contributed by atoms with E-state index in [0.717, 1.165) is 27.5 Å². The predicted molar refractivity (Wildman–Crippen MR) is 78.0 cm³/mol. The zero-order chi connectivity index (χ0) is 13.1. The molecular formula is C13H19N3OS. The fraction of sp³-hybridized carbons (Fsp3) is 0.462. The molecular weight excluding hydrogens is 246 g/mol. The van der Waals surface area contributed by atoms with Crippen LogP contribution in [-0.2, 0) is 0 Å². The average Bonchev–Trinajstić information content (AvgIpc) is 2.68. The van der Waals surface area contributed by atoms with E-state index in [0.29, 0.717) is 5.92 Å². The van der Waals surface area contributed by atoms with Crippen LogP contribution >= 0.6 is 11.3 Å². The Morgan fingerprint density at radius 3 is 2.89 bits per heavy atom. The molecule has 0 aliphatic rings. The van der Waals surface area contributed by atoms with Gasteiger partial charge < -0.3 is 16.2 Å². The summed E-state index contributed by atoms with van der Waals surface area (Å²) in [6.07, 6.45) is 0.925. The lowest BCUT2D eigenvalue weighted by atomic mass is 10.0. The van der Waals surface area contributed by atoms with E-state index in [9.17, 15) is 5.11 Å². The van der Waals surface area contributed by atoms with Gasteiger partial charge in [0.2, 0.25) is 0 Å². The number of anilines is 2. The highest BCUT2D eigenvalue weighted by Crippen LogP contribution is 2.28. The lowest BCUT2D eigenvalue weighted by Crippen LogP contribution is -2.25. The predicted octanol–water partition coefficient (Wildman–Crippen LogP) is 2.70. The number of hydrogen-bond donors (Lipinski definition) is 3. The number of rotatable bonds is 5. The maximum Gasteiger partial charge on any atom is 0.184 e. The molecule has 1 aromatic heterocycles. The molecule has 18 heavy (non-hydrogen) atoms. The third kappa shape index (κ3) is 3.11. The van der Waals surface area contributed by atoms with Gasteiger partial charge in [0, 0.05) is 5.69 Å². The molecule has 0 fully saturated rings. The first kappa shape index (κ1) is 13.1. The first-order valence-electron chi connectivity index (χ1n) is 6.12. The van der Waals surface area contributed by atoms with Crippen LogP contribution in [0.25, 0.3) is 10.2 Å². The van der Waals surface area contributed by atoms with Crippen LogP contribution in [0.3, 0.4) is 0 Å². The van der Waals surface area contributed by atoms with Crippen molar-refractivity contribution in [3.05, 3.63) is 18.2 Å². The average molecular weight is 265 g/mol. The molecule has 5 heteroatoms. The number of hydrogen-bond acceptors (Lipinski definition) is 5. The number of thiazole rings is 1. The van der Waals surface area contributed by atoms with Gasteiger partial charge in [-0.05, 0) is 30.5 Å². The van der Waals surface area contributed by atoms with E-state index >= 15 is 0 Å². The maximum atomic E-state index is 9.35. The summed E-state index contributed by atoms with van der Waals surface area (Å²) < 4.78 is 1.07.